The summed E-state index contributed by atoms with van der Waals surface area (Å²) in [7, 11) is -1.15. The van der Waals surface area contributed by atoms with Gasteiger partial charge >= 0.3 is 5.97 Å². The third-order valence-corrected chi connectivity index (χ3v) is 6.27. The lowest BCUT2D eigenvalue weighted by molar-refractivity contribution is -0.149. The third kappa shape index (κ3) is 6.05. The number of aliphatic imine (C=N–C) groups is 1. The number of sulfone groups is 1. The Bertz CT molecular complexity index is 553. The van der Waals surface area contributed by atoms with E-state index in [1.807, 2.05) is 6.92 Å². The monoisotopic (exact) mass is 473 g/mol. The fraction of sp³-hybridized carbons (Fsp3) is 0.867. The lowest BCUT2D eigenvalue weighted by Gasteiger charge is -2.34. The highest BCUT2D eigenvalue weighted by atomic mass is 127. The first-order chi connectivity index (χ1) is 10.9. The Hall–Kier alpha value is -0.580. The van der Waals surface area contributed by atoms with Crippen molar-refractivity contribution in [3.05, 3.63) is 0 Å². The molecule has 0 bridgehead atoms. The van der Waals surface area contributed by atoms with E-state index in [2.05, 4.69) is 15.2 Å². The third-order valence-electron chi connectivity index (χ3n) is 4.43. The maximum Gasteiger partial charge on any atom is 0.310 e. The molecule has 2 unspecified atom stereocenters. The number of nitrogens with zero attached hydrogens (tertiary/aromatic N) is 2. The van der Waals surface area contributed by atoms with Gasteiger partial charge in [0.1, 0.15) is 0 Å². The van der Waals surface area contributed by atoms with E-state index in [4.69, 9.17) is 4.74 Å². The Kier molecular flexibility index (Phi) is 8.75. The molecule has 24 heavy (non-hydrogen) atoms. The molecular weight excluding hydrogens is 445 g/mol. The molecule has 2 saturated heterocycles. The van der Waals surface area contributed by atoms with Gasteiger partial charge in [0.25, 0.3) is 0 Å². The minimum atomic E-state index is -2.86. The molecule has 7 nitrogen and oxygen atoms in total. The summed E-state index contributed by atoms with van der Waals surface area (Å²) in [6, 6.07) is 0. The number of carbonyl (C=O) groups excluding carboxylic acids is 1. The van der Waals surface area contributed by atoms with Gasteiger partial charge in [0, 0.05) is 26.7 Å². The van der Waals surface area contributed by atoms with Crippen LogP contribution in [-0.4, -0.2) is 70.0 Å². The van der Waals surface area contributed by atoms with Gasteiger partial charge in [0.2, 0.25) is 0 Å². The SMILES string of the molecule is CCOC(=O)C1CCCN(C(=NC)NCC2CCS(=O)(=O)C2)C1.I. The van der Waals surface area contributed by atoms with Gasteiger partial charge in [-0.1, -0.05) is 0 Å². The van der Waals surface area contributed by atoms with Crippen molar-refractivity contribution in [3.63, 3.8) is 0 Å². The number of ether oxygens (including phenoxy) is 1. The smallest absolute Gasteiger partial charge is 0.310 e. The summed E-state index contributed by atoms with van der Waals surface area (Å²) >= 11 is 0. The van der Waals surface area contributed by atoms with Gasteiger partial charge in [-0.25, -0.2) is 8.42 Å². The fourth-order valence-electron chi connectivity index (χ4n) is 3.22. The first-order valence-corrected chi connectivity index (χ1v) is 10.1. The van der Waals surface area contributed by atoms with E-state index >= 15 is 0 Å². The Labute approximate surface area is 161 Å². The molecule has 2 atom stereocenters. The quantitative estimate of drug-likeness (QED) is 0.283. The van der Waals surface area contributed by atoms with Crippen LogP contribution < -0.4 is 5.32 Å². The molecule has 0 saturated carbocycles. The van der Waals surface area contributed by atoms with Gasteiger partial charge in [-0.15, -0.1) is 24.0 Å². The van der Waals surface area contributed by atoms with Crippen molar-refractivity contribution in [3.8, 4) is 0 Å². The molecule has 0 radical (unpaired) electrons. The van der Waals surface area contributed by atoms with E-state index in [9.17, 15) is 13.2 Å². The van der Waals surface area contributed by atoms with Gasteiger partial charge in [-0.2, -0.15) is 0 Å². The van der Waals surface area contributed by atoms with Gasteiger partial charge in [-0.05, 0) is 32.1 Å². The van der Waals surface area contributed by atoms with Crippen molar-refractivity contribution in [1.29, 1.82) is 0 Å². The van der Waals surface area contributed by atoms with Crippen LogP contribution in [0.4, 0.5) is 0 Å². The zero-order valence-corrected chi connectivity index (χ0v) is 17.5. The summed E-state index contributed by atoms with van der Waals surface area (Å²) in [5, 5.41) is 3.27. The second-order valence-corrected chi connectivity index (χ2v) is 8.46. The largest absolute Gasteiger partial charge is 0.466 e. The topological polar surface area (TPSA) is 88.1 Å². The maximum absolute atomic E-state index is 11.9. The van der Waals surface area contributed by atoms with Crippen molar-refractivity contribution in [2.75, 3.05) is 44.8 Å². The van der Waals surface area contributed by atoms with Crippen LogP contribution in [0.5, 0.6) is 0 Å². The standard InChI is InChI=1S/C15H27N3O4S.HI/c1-3-22-14(19)13-5-4-7-18(10-13)15(16-2)17-9-12-6-8-23(20,21)11-12;/h12-13H,3-11H2,1-2H3,(H,16,17);1H. The van der Waals surface area contributed by atoms with Crippen LogP contribution in [0.3, 0.4) is 0 Å². The Balaban J connectivity index is 0.00000288. The fourth-order valence-corrected chi connectivity index (χ4v) is 5.08. The predicted molar refractivity (Wildman–Crippen MR) is 104 cm³/mol. The van der Waals surface area contributed by atoms with E-state index in [-0.39, 0.29) is 53.3 Å². The van der Waals surface area contributed by atoms with Gasteiger partial charge in [0.15, 0.2) is 15.8 Å². The van der Waals surface area contributed by atoms with Crippen molar-refractivity contribution >= 4 is 45.7 Å². The van der Waals surface area contributed by atoms with E-state index < -0.39 is 9.84 Å². The summed E-state index contributed by atoms with van der Waals surface area (Å²) in [6.45, 7) is 4.26. The molecule has 0 spiro atoms. The van der Waals surface area contributed by atoms with Gasteiger partial charge in [0.05, 0.1) is 24.0 Å². The molecule has 2 fully saturated rings. The number of hydrogen-bond acceptors (Lipinski definition) is 5. The summed E-state index contributed by atoms with van der Waals surface area (Å²) in [4.78, 5) is 18.3. The second-order valence-electron chi connectivity index (χ2n) is 6.23. The van der Waals surface area contributed by atoms with Crippen molar-refractivity contribution in [1.82, 2.24) is 10.2 Å². The van der Waals surface area contributed by atoms with E-state index in [1.165, 1.54) is 0 Å². The van der Waals surface area contributed by atoms with E-state index in [0.717, 1.165) is 25.3 Å². The molecule has 140 valence electrons. The molecule has 0 amide bonds. The number of hydrogen-bond donors (Lipinski definition) is 1. The van der Waals surface area contributed by atoms with E-state index in [0.29, 0.717) is 26.1 Å². The highest BCUT2D eigenvalue weighted by Crippen LogP contribution is 2.19. The van der Waals surface area contributed by atoms with Crippen LogP contribution in [0, 0.1) is 11.8 Å². The number of nitrogens with one attached hydrogen (secondary N) is 1. The number of piperidine rings is 1. The number of guanidine groups is 1. The van der Waals surface area contributed by atoms with Crippen molar-refractivity contribution in [2.24, 2.45) is 16.8 Å². The molecule has 0 aromatic rings. The van der Waals surface area contributed by atoms with Crippen LogP contribution >= 0.6 is 24.0 Å². The Morgan fingerprint density at radius 2 is 2.12 bits per heavy atom. The number of esters is 1. The summed E-state index contributed by atoms with van der Waals surface area (Å²) in [5.41, 5.74) is 0. The normalized spacial score (nSPS) is 26.6. The van der Waals surface area contributed by atoms with Crippen LogP contribution in [0.25, 0.3) is 0 Å². The molecule has 2 aliphatic rings. The lowest BCUT2D eigenvalue weighted by Crippen LogP contribution is -2.49. The van der Waals surface area contributed by atoms with Crippen LogP contribution in [0.1, 0.15) is 26.2 Å². The molecule has 2 aliphatic heterocycles. The van der Waals surface area contributed by atoms with Crippen LogP contribution in [-0.2, 0) is 19.4 Å². The second kappa shape index (κ2) is 9.79. The van der Waals surface area contributed by atoms with Crippen LogP contribution in [0.15, 0.2) is 4.99 Å². The molecule has 2 rings (SSSR count). The zero-order chi connectivity index (χ0) is 16.9. The highest BCUT2D eigenvalue weighted by Gasteiger charge is 2.30. The number of likely N-dealkylation sites (tertiary alicyclic amines) is 1. The average molecular weight is 473 g/mol. The highest BCUT2D eigenvalue weighted by molar-refractivity contribution is 14.0. The van der Waals surface area contributed by atoms with Crippen molar-refractivity contribution < 1.29 is 17.9 Å². The summed E-state index contributed by atoms with van der Waals surface area (Å²) in [5.74, 6) is 1.16. The first-order valence-electron chi connectivity index (χ1n) is 8.28. The molecule has 1 N–H and O–H groups in total. The lowest BCUT2D eigenvalue weighted by atomic mass is 9.98. The predicted octanol–water partition coefficient (Wildman–Crippen LogP) is 0.890. The van der Waals surface area contributed by atoms with Crippen LogP contribution in [0.2, 0.25) is 0 Å². The molecule has 0 aromatic heterocycles. The Morgan fingerprint density at radius 3 is 2.71 bits per heavy atom. The molecule has 9 heteroatoms. The maximum atomic E-state index is 11.9. The average Bonchev–Trinajstić information content (AvgIpc) is 2.88. The number of rotatable bonds is 4. The molecule has 0 aliphatic carbocycles. The Morgan fingerprint density at radius 1 is 1.38 bits per heavy atom. The van der Waals surface area contributed by atoms with Crippen molar-refractivity contribution in [2.45, 2.75) is 26.2 Å². The molecule has 0 aromatic carbocycles. The number of halogens is 1. The zero-order valence-electron chi connectivity index (χ0n) is 14.4. The first kappa shape index (κ1) is 21.5. The number of carbonyl (C=O) groups is 1. The minimum absolute atomic E-state index is 0. The summed E-state index contributed by atoms with van der Waals surface area (Å²) < 4.78 is 28.1. The summed E-state index contributed by atoms with van der Waals surface area (Å²) in [6.07, 6.45) is 2.47. The van der Waals surface area contributed by atoms with E-state index in [1.54, 1.807) is 7.05 Å². The van der Waals surface area contributed by atoms with Gasteiger partial charge in [-0.3, -0.25) is 9.79 Å². The minimum Gasteiger partial charge on any atom is -0.466 e. The molecule has 2 heterocycles. The van der Waals surface area contributed by atoms with Gasteiger partial charge < -0.3 is 15.0 Å². The molecular formula is C15H28IN3O4S.